The van der Waals surface area contributed by atoms with Crippen molar-refractivity contribution < 1.29 is 31.1 Å². The second-order valence-corrected chi connectivity index (χ2v) is 10.1. The number of methoxy groups -OCH3 is 1. The van der Waals surface area contributed by atoms with Crippen LogP contribution in [0.4, 0.5) is 19.0 Å². The third kappa shape index (κ3) is 7.25. The highest BCUT2D eigenvalue weighted by molar-refractivity contribution is 7.51. The molecule has 0 saturated heterocycles. The summed E-state index contributed by atoms with van der Waals surface area (Å²) in [6, 6.07) is 0.833. The lowest BCUT2D eigenvalue weighted by Gasteiger charge is -2.26. The maximum absolute atomic E-state index is 12.9. The van der Waals surface area contributed by atoms with E-state index in [-0.39, 0.29) is 28.9 Å². The van der Waals surface area contributed by atoms with Gasteiger partial charge in [0.1, 0.15) is 11.6 Å². The number of rotatable bonds is 8. The van der Waals surface area contributed by atoms with Gasteiger partial charge in [0, 0.05) is 31.4 Å². The number of aromatic nitrogens is 3. The third-order valence-electron chi connectivity index (χ3n) is 6.98. The Morgan fingerprint density at radius 3 is 2.47 bits per heavy atom. The molecule has 2 unspecified atom stereocenters. The lowest BCUT2D eigenvalue weighted by molar-refractivity contribution is -0.147. The first-order valence-electron chi connectivity index (χ1n) is 12.4. The van der Waals surface area contributed by atoms with Gasteiger partial charge >= 0.3 is 17.7 Å². The first-order chi connectivity index (χ1) is 18.0. The molecule has 2 aliphatic carbocycles. The van der Waals surface area contributed by atoms with Crippen LogP contribution in [0.25, 0.3) is 11.3 Å². The second-order valence-electron chi connectivity index (χ2n) is 9.64. The number of aryl methyl sites for hydroxylation is 1. The minimum absolute atomic E-state index is 0.0159. The second kappa shape index (κ2) is 12.9. The van der Waals surface area contributed by atoms with Crippen molar-refractivity contribution in [2.75, 3.05) is 19.0 Å². The molecule has 0 aromatic carbocycles. The summed E-state index contributed by atoms with van der Waals surface area (Å²) >= 11 is 5.89. The number of nitrogens with one attached hydrogen (secondary N) is 2. The van der Waals surface area contributed by atoms with Gasteiger partial charge in [-0.15, -0.1) is 0 Å². The van der Waals surface area contributed by atoms with Gasteiger partial charge in [0.15, 0.2) is 5.69 Å². The summed E-state index contributed by atoms with van der Waals surface area (Å²) in [6.07, 6.45) is 1.80. The van der Waals surface area contributed by atoms with E-state index >= 15 is 0 Å². The number of amides is 1. The molecule has 2 N–H and O–H groups in total. The fraction of sp³-hybridized carbons (Fsp3) is 0.625. The van der Waals surface area contributed by atoms with Crippen LogP contribution in [-0.4, -0.2) is 55.0 Å². The maximum Gasteiger partial charge on any atom is 0.393 e. The van der Waals surface area contributed by atoms with Crippen molar-refractivity contribution in [3.8, 4) is 17.0 Å². The zero-order valence-electron chi connectivity index (χ0n) is 21.3. The summed E-state index contributed by atoms with van der Waals surface area (Å²) in [5.74, 6) is 0.129. The van der Waals surface area contributed by atoms with Crippen LogP contribution in [0, 0.1) is 17.8 Å². The summed E-state index contributed by atoms with van der Waals surface area (Å²) in [6.45, 7) is 5.16. The normalized spacial score (nSPS) is 22.6. The van der Waals surface area contributed by atoms with Gasteiger partial charge in [0.05, 0.1) is 29.3 Å². The molecule has 4 rings (SSSR count). The van der Waals surface area contributed by atoms with E-state index in [4.69, 9.17) is 24.8 Å². The monoisotopic (exact) mass is 577 g/mol. The Kier molecular flexibility index (Phi) is 10.2. The van der Waals surface area contributed by atoms with Gasteiger partial charge in [-0.05, 0) is 38.0 Å². The molecule has 14 heteroatoms. The molecule has 2 aromatic rings. The van der Waals surface area contributed by atoms with E-state index in [2.05, 4.69) is 27.6 Å². The van der Waals surface area contributed by atoms with E-state index in [0.29, 0.717) is 36.0 Å². The predicted molar refractivity (Wildman–Crippen MR) is 137 cm³/mol. The SMILES string of the molecule is CCn1nc(C(=O)NCC2CCC(C)CC2)c(Cl)c1-c1cnc(NC2CC2C(F)(F)F)cc1OC.O=S=O. The van der Waals surface area contributed by atoms with Crippen LogP contribution < -0.4 is 15.4 Å². The van der Waals surface area contributed by atoms with Gasteiger partial charge in [-0.1, -0.05) is 31.4 Å². The zero-order valence-corrected chi connectivity index (χ0v) is 22.9. The number of ether oxygens (including phenoxy) is 1. The number of carbonyl (C=O) groups is 1. The molecule has 0 aliphatic heterocycles. The molecule has 2 aliphatic rings. The Morgan fingerprint density at radius 1 is 1.26 bits per heavy atom. The lowest BCUT2D eigenvalue weighted by atomic mass is 9.83. The number of alkyl halides is 3. The van der Waals surface area contributed by atoms with E-state index in [9.17, 15) is 18.0 Å². The average molecular weight is 578 g/mol. The first kappa shape index (κ1) is 29.9. The van der Waals surface area contributed by atoms with Crippen LogP contribution in [0.15, 0.2) is 12.3 Å². The standard InChI is InChI=1S/C24H31ClF3N5O2.O2S/c1-4-33-22(20(25)21(32-33)23(34)30-11-14-7-5-13(2)6-8-14)15-12-29-19(10-18(15)35-3)31-17-9-16(17)24(26,27)28;1-3-2/h10,12-14,16-17H,4-9,11H2,1-3H3,(H,29,31)(H,30,34);. The van der Waals surface area contributed by atoms with E-state index in [0.717, 1.165) is 18.8 Å². The largest absolute Gasteiger partial charge is 0.496 e. The minimum atomic E-state index is -4.23. The smallest absolute Gasteiger partial charge is 0.393 e. The molecule has 0 bridgehead atoms. The quantitative estimate of drug-likeness (QED) is 0.460. The van der Waals surface area contributed by atoms with Gasteiger partial charge in [-0.2, -0.15) is 26.7 Å². The molecule has 2 heterocycles. The van der Waals surface area contributed by atoms with Crippen LogP contribution in [0.2, 0.25) is 5.02 Å². The number of anilines is 1. The number of pyridine rings is 1. The molecule has 9 nitrogen and oxygen atoms in total. The highest BCUT2D eigenvalue weighted by Gasteiger charge is 2.56. The molecule has 2 fully saturated rings. The van der Waals surface area contributed by atoms with Gasteiger partial charge in [-0.3, -0.25) is 9.48 Å². The number of nitrogens with zero attached hydrogens (tertiary/aromatic N) is 3. The highest BCUT2D eigenvalue weighted by atomic mass is 35.5. The summed E-state index contributed by atoms with van der Waals surface area (Å²) in [5.41, 5.74) is 1.10. The topological polar surface area (TPSA) is 115 Å². The lowest BCUT2D eigenvalue weighted by Crippen LogP contribution is -2.31. The fourth-order valence-electron chi connectivity index (χ4n) is 4.69. The molecule has 1 amide bonds. The first-order valence-corrected chi connectivity index (χ1v) is 13.4. The molecule has 0 radical (unpaired) electrons. The van der Waals surface area contributed by atoms with Crippen LogP contribution in [0.5, 0.6) is 5.75 Å². The molecule has 0 spiro atoms. The van der Waals surface area contributed by atoms with Crippen molar-refractivity contribution in [2.24, 2.45) is 17.8 Å². The molecule has 2 atom stereocenters. The Balaban J connectivity index is 0.00000127. The van der Waals surface area contributed by atoms with Crippen LogP contribution in [0.1, 0.15) is 56.4 Å². The van der Waals surface area contributed by atoms with Crippen LogP contribution in [-0.2, 0) is 18.1 Å². The summed E-state index contributed by atoms with van der Waals surface area (Å²) in [7, 11) is 1.46. The summed E-state index contributed by atoms with van der Waals surface area (Å²) < 4.78 is 62.2. The Morgan fingerprint density at radius 2 is 1.92 bits per heavy atom. The minimum Gasteiger partial charge on any atom is -0.496 e. The van der Waals surface area contributed by atoms with E-state index in [1.807, 2.05) is 6.92 Å². The average Bonchev–Trinajstić information content (AvgIpc) is 3.58. The predicted octanol–water partition coefficient (Wildman–Crippen LogP) is 4.88. The Bertz CT molecular complexity index is 1160. The maximum atomic E-state index is 12.9. The van der Waals surface area contributed by atoms with Crippen molar-refractivity contribution in [3.63, 3.8) is 0 Å². The molecular weight excluding hydrogens is 547 g/mol. The number of hydrogen-bond donors (Lipinski definition) is 2. The number of carbonyl (C=O) groups excluding carboxylic acids is 1. The van der Waals surface area contributed by atoms with Crippen molar-refractivity contribution in [1.29, 1.82) is 0 Å². The van der Waals surface area contributed by atoms with Crippen LogP contribution >= 0.6 is 11.6 Å². The molecule has 210 valence electrons. The van der Waals surface area contributed by atoms with E-state index in [1.54, 1.807) is 4.68 Å². The summed E-state index contributed by atoms with van der Waals surface area (Å²) in [4.78, 5) is 17.2. The Labute approximate surface area is 227 Å². The van der Waals surface area contributed by atoms with Crippen molar-refractivity contribution in [2.45, 2.75) is 64.7 Å². The molecule has 2 saturated carbocycles. The van der Waals surface area contributed by atoms with Gasteiger partial charge in [-0.25, -0.2) is 4.98 Å². The van der Waals surface area contributed by atoms with E-state index < -0.39 is 29.7 Å². The number of halogens is 4. The fourth-order valence-corrected chi connectivity index (χ4v) is 5.02. The third-order valence-corrected chi connectivity index (χ3v) is 7.34. The zero-order chi connectivity index (χ0) is 28.0. The van der Waals surface area contributed by atoms with Crippen LogP contribution in [0.3, 0.4) is 0 Å². The van der Waals surface area contributed by atoms with Gasteiger partial charge in [0.2, 0.25) is 0 Å². The number of hydrogen-bond acceptors (Lipinski definition) is 7. The van der Waals surface area contributed by atoms with Crippen molar-refractivity contribution in [3.05, 3.63) is 23.0 Å². The van der Waals surface area contributed by atoms with Crippen molar-refractivity contribution in [1.82, 2.24) is 20.1 Å². The van der Waals surface area contributed by atoms with Gasteiger partial charge < -0.3 is 15.4 Å². The molecule has 38 heavy (non-hydrogen) atoms. The van der Waals surface area contributed by atoms with Gasteiger partial charge in [0.25, 0.3) is 5.91 Å². The Hall–Kier alpha value is -2.67. The molecular formula is C24H31ClF3N5O4S. The summed E-state index contributed by atoms with van der Waals surface area (Å²) in [5, 5.41) is 10.4. The highest BCUT2D eigenvalue weighted by Crippen LogP contribution is 2.46. The van der Waals surface area contributed by atoms with Crippen molar-refractivity contribution >= 4 is 34.9 Å². The molecule has 2 aromatic heterocycles. The van der Waals surface area contributed by atoms with E-state index in [1.165, 1.54) is 32.2 Å².